The fourth-order valence-corrected chi connectivity index (χ4v) is 2.58. The van der Waals surface area contributed by atoms with Crippen molar-refractivity contribution in [2.75, 3.05) is 37.8 Å². The van der Waals surface area contributed by atoms with Crippen LogP contribution in [0.5, 0.6) is 0 Å². The van der Waals surface area contributed by atoms with Gasteiger partial charge in [-0.2, -0.15) is 4.98 Å². The van der Waals surface area contributed by atoms with Gasteiger partial charge in [-0.25, -0.2) is 13.8 Å². The number of benzene rings is 1. The maximum Gasteiger partial charge on any atom is 0.225 e. The minimum absolute atomic E-state index is 0.135. The molecule has 0 saturated heterocycles. The zero-order valence-electron chi connectivity index (χ0n) is 15.8. The second kappa shape index (κ2) is 9.18. The minimum atomic E-state index is -0.693. The first-order valence-electron chi connectivity index (χ1n) is 8.91. The number of rotatable bonds is 8. The Kier molecular flexibility index (Phi) is 6.44. The Bertz CT molecular complexity index is 918. The van der Waals surface area contributed by atoms with E-state index in [-0.39, 0.29) is 5.69 Å². The number of nitrogens with zero attached hydrogens (tertiary/aromatic N) is 4. The quantitative estimate of drug-likeness (QED) is 0.574. The normalized spacial score (nSPS) is 10.9. The fraction of sp³-hybridized carbons (Fsp3) is 0.250. The number of hydrogen-bond acceptors (Lipinski definition) is 6. The molecule has 0 amide bonds. The average Bonchev–Trinajstić information content (AvgIpc) is 2.68. The number of nitrogens with one attached hydrogen (secondary N) is 2. The molecule has 8 heteroatoms. The van der Waals surface area contributed by atoms with Crippen molar-refractivity contribution in [3.05, 3.63) is 60.4 Å². The monoisotopic (exact) mass is 384 g/mol. The van der Waals surface area contributed by atoms with E-state index in [4.69, 9.17) is 0 Å². The average molecular weight is 384 g/mol. The zero-order valence-corrected chi connectivity index (χ0v) is 15.8. The van der Waals surface area contributed by atoms with Crippen molar-refractivity contribution in [2.45, 2.75) is 6.42 Å². The number of aromatic nitrogens is 3. The highest BCUT2D eigenvalue weighted by molar-refractivity contribution is 5.67. The van der Waals surface area contributed by atoms with E-state index in [0.29, 0.717) is 24.0 Å². The summed E-state index contributed by atoms with van der Waals surface area (Å²) < 4.78 is 27.2. The van der Waals surface area contributed by atoms with E-state index in [1.165, 1.54) is 12.1 Å². The van der Waals surface area contributed by atoms with Crippen LogP contribution in [-0.2, 0) is 0 Å². The van der Waals surface area contributed by atoms with Crippen LogP contribution in [0, 0.1) is 11.6 Å². The van der Waals surface area contributed by atoms with Gasteiger partial charge in [0.2, 0.25) is 5.95 Å². The van der Waals surface area contributed by atoms with Crippen molar-refractivity contribution in [2.24, 2.45) is 0 Å². The lowest BCUT2D eigenvalue weighted by Crippen LogP contribution is -2.17. The standard InChI is InChI=1S/C20H22F2N6/c1-28(2)10-4-9-24-20-26-18(14-5-3-8-23-13-14)12-19(27-20)25-17-7-6-15(21)11-16(17)22/h3,5-8,11-13H,4,9-10H2,1-2H3,(H2,24,25,26,27). The largest absolute Gasteiger partial charge is 0.354 e. The van der Waals surface area contributed by atoms with E-state index < -0.39 is 11.6 Å². The molecule has 0 aliphatic carbocycles. The van der Waals surface area contributed by atoms with Crippen LogP contribution in [-0.4, -0.2) is 47.0 Å². The van der Waals surface area contributed by atoms with Gasteiger partial charge in [0.25, 0.3) is 0 Å². The summed E-state index contributed by atoms with van der Waals surface area (Å²) in [6, 6.07) is 8.74. The molecule has 0 aliphatic rings. The SMILES string of the molecule is CN(C)CCCNc1nc(Nc2ccc(F)cc2F)cc(-c2cccnc2)n1. The summed E-state index contributed by atoms with van der Waals surface area (Å²) in [5, 5.41) is 6.09. The van der Waals surface area contributed by atoms with E-state index in [2.05, 4.69) is 30.5 Å². The second-order valence-electron chi connectivity index (χ2n) is 6.54. The Morgan fingerprint density at radius 2 is 1.93 bits per heavy atom. The maximum atomic E-state index is 14.0. The Labute approximate surface area is 162 Å². The molecule has 0 unspecified atom stereocenters. The summed E-state index contributed by atoms with van der Waals surface area (Å²) in [5.74, 6) is -0.508. The van der Waals surface area contributed by atoms with Crippen molar-refractivity contribution >= 4 is 17.5 Å². The lowest BCUT2D eigenvalue weighted by atomic mass is 10.2. The molecule has 0 atom stereocenters. The van der Waals surface area contributed by atoms with Gasteiger partial charge in [-0.05, 0) is 51.3 Å². The van der Waals surface area contributed by atoms with Crippen LogP contribution < -0.4 is 10.6 Å². The van der Waals surface area contributed by atoms with E-state index in [1.807, 2.05) is 26.2 Å². The molecular formula is C20H22F2N6. The van der Waals surface area contributed by atoms with Crippen LogP contribution >= 0.6 is 0 Å². The van der Waals surface area contributed by atoms with Gasteiger partial charge in [-0.3, -0.25) is 4.98 Å². The summed E-state index contributed by atoms with van der Waals surface area (Å²) in [6.45, 7) is 1.63. The Morgan fingerprint density at radius 3 is 2.64 bits per heavy atom. The third-order valence-electron chi connectivity index (χ3n) is 3.94. The molecule has 0 fully saturated rings. The van der Waals surface area contributed by atoms with Crippen LogP contribution in [0.2, 0.25) is 0 Å². The highest BCUT2D eigenvalue weighted by atomic mass is 19.1. The second-order valence-corrected chi connectivity index (χ2v) is 6.54. The Hall–Kier alpha value is -3.13. The molecular weight excluding hydrogens is 362 g/mol. The van der Waals surface area contributed by atoms with Crippen molar-refractivity contribution < 1.29 is 8.78 Å². The number of hydrogen-bond donors (Lipinski definition) is 2. The molecule has 28 heavy (non-hydrogen) atoms. The molecule has 0 radical (unpaired) electrons. The predicted octanol–water partition coefficient (Wildman–Crippen LogP) is 3.92. The lowest BCUT2D eigenvalue weighted by Gasteiger charge is -2.13. The van der Waals surface area contributed by atoms with Crippen molar-refractivity contribution in [3.8, 4) is 11.3 Å². The molecule has 2 heterocycles. The molecule has 0 bridgehead atoms. The van der Waals surface area contributed by atoms with Crippen molar-refractivity contribution in [1.82, 2.24) is 19.9 Å². The zero-order chi connectivity index (χ0) is 19.9. The smallest absolute Gasteiger partial charge is 0.225 e. The molecule has 2 aromatic heterocycles. The van der Waals surface area contributed by atoms with E-state index in [9.17, 15) is 8.78 Å². The highest BCUT2D eigenvalue weighted by Crippen LogP contribution is 2.24. The van der Waals surface area contributed by atoms with Gasteiger partial charge in [-0.1, -0.05) is 0 Å². The van der Waals surface area contributed by atoms with Gasteiger partial charge in [0.1, 0.15) is 17.5 Å². The maximum absolute atomic E-state index is 14.0. The van der Waals surface area contributed by atoms with Crippen LogP contribution in [0.3, 0.4) is 0 Å². The van der Waals surface area contributed by atoms with Gasteiger partial charge >= 0.3 is 0 Å². The van der Waals surface area contributed by atoms with Gasteiger partial charge < -0.3 is 15.5 Å². The summed E-state index contributed by atoms with van der Waals surface area (Å²) in [6.07, 6.45) is 4.29. The summed E-state index contributed by atoms with van der Waals surface area (Å²) in [4.78, 5) is 15.1. The van der Waals surface area contributed by atoms with Crippen LogP contribution in [0.4, 0.5) is 26.2 Å². The third kappa shape index (κ3) is 5.43. The van der Waals surface area contributed by atoms with E-state index >= 15 is 0 Å². The topological polar surface area (TPSA) is 66.0 Å². The molecule has 0 saturated carbocycles. The van der Waals surface area contributed by atoms with Gasteiger partial charge in [0, 0.05) is 36.6 Å². The summed E-state index contributed by atoms with van der Waals surface area (Å²) in [7, 11) is 4.03. The van der Waals surface area contributed by atoms with Crippen molar-refractivity contribution in [3.63, 3.8) is 0 Å². The van der Waals surface area contributed by atoms with Gasteiger partial charge in [0.05, 0.1) is 11.4 Å². The first-order chi connectivity index (χ1) is 13.5. The first-order valence-corrected chi connectivity index (χ1v) is 8.91. The van der Waals surface area contributed by atoms with Crippen LogP contribution in [0.15, 0.2) is 48.8 Å². The molecule has 1 aromatic carbocycles. The van der Waals surface area contributed by atoms with E-state index in [0.717, 1.165) is 24.6 Å². The molecule has 2 N–H and O–H groups in total. The fourth-order valence-electron chi connectivity index (χ4n) is 2.58. The molecule has 6 nitrogen and oxygen atoms in total. The molecule has 3 aromatic rings. The first kappa shape index (κ1) is 19.6. The van der Waals surface area contributed by atoms with Crippen molar-refractivity contribution in [1.29, 1.82) is 0 Å². The Balaban J connectivity index is 1.86. The predicted molar refractivity (Wildman–Crippen MR) is 107 cm³/mol. The molecule has 3 rings (SSSR count). The van der Waals surface area contributed by atoms with Gasteiger partial charge in [-0.15, -0.1) is 0 Å². The number of anilines is 3. The third-order valence-corrected chi connectivity index (χ3v) is 3.94. The minimum Gasteiger partial charge on any atom is -0.354 e. The van der Waals surface area contributed by atoms with Crippen LogP contribution in [0.25, 0.3) is 11.3 Å². The molecule has 146 valence electrons. The lowest BCUT2D eigenvalue weighted by molar-refractivity contribution is 0.405. The number of pyridine rings is 1. The van der Waals surface area contributed by atoms with Crippen LogP contribution in [0.1, 0.15) is 6.42 Å². The van der Waals surface area contributed by atoms with Gasteiger partial charge in [0.15, 0.2) is 0 Å². The summed E-state index contributed by atoms with van der Waals surface area (Å²) in [5.41, 5.74) is 1.59. The van der Waals surface area contributed by atoms with E-state index in [1.54, 1.807) is 18.5 Å². The molecule has 0 spiro atoms. The summed E-state index contributed by atoms with van der Waals surface area (Å²) >= 11 is 0. The molecule has 0 aliphatic heterocycles. The Morgan fingerprint density at radius 1 is 1.07 bits per heavy atom. The highest BCUT2D eigenvalue weighted by Gasteiger charge is 2.10. The number of halogens is 2.